The largest absolute Gasteiger partial charge is 0.392 e. The summed E-state index contributed by atoms with van der Waals surface area (Å²) in [5.74, 6) is 0.883. The monoisotopic (exact) mass is 403 g/mol. The number of amides is 1. The van der Waals surface area contributed by atoms with E-state index < -0.39 is 0 Å². The highest BCUT2D eigenvalue weighted by molar-refractivity contribution is 9.10. The van der Waals surface area contributed by atoms with Gasteiger partial charge >= 0.3 is 0 Å². The van der Waals surface area contributed by atoms with Crippen molar-refractivity contribution in [2.75, 3.05) is 13.1 Å². The Morgan fingerprint density at radius 3 is 2.92 bits per heavy atom. The lowest BCUT2D eigenvalue weighted by atomic mass is 9.91. The number of aryl methyl sites for hydroxylation is 2. The van der Waals surface area contributed by atoms with Crippen molar-refractivity contribution in [3.8, 4) is 0 Å². The first-order chi connectivity index (χ1) is 12.0. The highest BCUT2D eigenvalue weighted by Crippen LogP contribution is 2.29. The fourth-order valence-electron chi connectivity index (χ4n) is 3.33. The standard InChI is InChI=1S/C19H22BrN3O2/c1-12-8-14(5-6-17(12)20)19(25)23-7-3-4-15(10-23)18-16(11-24)9-21-13(2)22-18/h5-6,8-9,15,24H,3-4,7,10-11H2,1-2H3. The van der Waals surface area contributed by atoms with Crippen LogP contribution in [0.4, 0.5) is 0 Å². The summed E-state index contributed by atoms with van der Waals surface area (Å²) in [6.07, 6.45) is 3.59. The first-order valence-corrected chi connectivity index (χ1v) is 9.27. The maximum atomic E-state index is 12.9. The van der Waals surface area contributed by atoms with Gasteiger partial charge in [0.1, 0.15) is 5.82 Å². The first-order valence-electron chi connectivity index (χ1n) is 8.48. The number of benzene rings is 1. The van der Waals surface area contributed by atoms with Crippen molar-refractivity contribution >= 4 is 21.8 Å². The number of rotatable bonds is 3. The van der Waals surface area contributed by atoms with Crippen LogP contribution in [0.25, 0.3) is 0 Å². The fraction of sp³-hybridized carbons (Fsp3) is 0.421. The number of nitrogens with zero attached hydrogens (tertiary/aromatic N) is 3. The summed E-state index contributed by atoms with van der Waals surface area (Å²) in [5.41, 5.74) is 3.39. The van der Waals surface area contributed by atoms with Crippen LogP contribution in [0, 0.1) is 13.8 Å². The number of hydrogen-bond acceptors (Lipinski definition) is 4. The molecule has 0 saturated carbocycles. The molecule has 25 heavy (non-hydrogen) atoms. The van der Waals surface area contributed by atoms with Crippen molar-refractivity contribution in [3.63, 3.8) is 0 Å². The molecule has 1 atom stereocenters. The number of piperidine rings is 1. The first kappa shape index (κ1) is 18.0. The molecule has 5 nitrogen and oxygen atoms in total. The van der Waals surface area contributed by atoms with Crippen LogP contribution in [0.5, 0.6) is 0 Å². The van der Waals surface area contributed by atoms with Crippen molar-refractivity contribution in [3.05, 3.63) is 57.1 Å². The molecule has 1 unspecified atom stereocenters. The molecule has 0 aliphatic carbocycles. The van der Waals surface area contributed by atoms with Gasteiger partial charge in [0.05, 0.1) is 12.3 Å². The quantitative estimate of drug-likeness (QED) is 0.852. The van der Waals surface area contributed by atoms with Gasteiger partial charge in [-0.2, -0.15) is 0 Å². The Morgan fingerprint density at radius 2 is 2.20 bits per heavy atom. The molecule has 1 aromatic heterocycles. The summed E-state index contributed by atoms with van der Waals surface area (Å²) in [6, 6.07) is 5.70. The molecular weight excluding hydrogens is 382 g/mol. The van der Waals surface area contributed by atoms with Gasteiger partial charge in [-0.05, 0) is 50.5 Å². The van der Waals surface area contributed by atoms with Gasteiger partial charge in [-0.3, -0.25) is 4.79 Å². The van der Waals surface area contributed by atoms with Crippen molar-refractivity contribution in [1.29, 1.82) is 0 Å². The van der Waals surface area contributed by atoms with Gasteiger partial charge in [0, 0.05) is 40.8 Å². The van der Waals surface area contributed by atoms with Gasteiger partial charge in [-0.25, -0.2) is 9.97 Å². The van der Waals surface area contributed by atoms with E-state index >= 15 is 0 Å². The van der Waals surface area contributed by atoms with Crippen LogP contribution >= 0.6 is 15.9 Å². The summed E-state index contributed by atoms with van der Waals surface area (Å²) in [4.78, 5) is 23.5. The molecule has 1 aliphatic rings. The zero-order valence-electron chi connectivity index (χ0n) is 14.5. The molecule has 6 heteroatoms. The Kier molecular flexibility index (Phi) is 5.49. The molecule has 0 spiro atoms. The lowest BCUT2D eigenvalue weighted by Crippen LogP contribution is -2.39. The zero-order chi connectivity index (χ0) is 18.0. The van der Waals surface area contributed by atoms with Gasteiger partial charge in [0.15, 0.2) is 0 Å². The Balaban J connectivity index is 1.82. The maximum Gasteiger partial charge on any atom is 0.253 e. The molecule has 1 N–H and O–H groups in total. The highest BCUT2D eigenvalue weighted by Gasteiger charge is 2.28. The van der Waals surface area contributed by atoms with Crippen LogP contribution in [0.1, 0.15) is 51.8 Å². The zero-order valence-corrected chi connectivity index (χ0v) is 16.1. The summed E-state index contributed by atoms with van der Waals surface area (Å²) in [6.45, 7) is 5.13. The van der Waals surface area contributed by atoms with E-state index in [9.17, 15) is 9.90 Å². The fourth-order valence-corrected chi connectivity index (χ4v) is 3.58. The maximum absolute atomic E-state index is 12.9. The lowest BCUT2D eigenvalue weighted by Gasteiger charge is -2.33. The predicted octanol–water partition coefficient (Wildman–Crippen LogP) is 3.37. The molecular formula is C19H22BrN3O2. The number of aromatic nitrogens is 2. The van der Waals surface area contributed by atoms with E-state index in [1.807, 2.05) is 36.9 Å². The second-order valence-corrected chi connectivity index (χ2v) is 7.39. The average Bonchev–Trinajstić information content (AvgIpc) is 2.63. The van der Waals surface area contributed by atoms with Crippen LogP contribution in [-0.2, 0) is 6.61 Å². The van der Waals surface area contributed by atoms with Gasteiger partial charge in [-0.15, -0.1) is 0 Å². The molecule has 1 aliphatic heterocycles. The van der Waals surface area contributed by atoms with Crippen LogP contribution in [0.2, 0.25) is 0 Å². The van der Waals surface area contributed by atoms with Gasteiger partial charge < -0.3 is 10.0 Å². The van der Waals surface area contributed by atoms with E-state index in [1.165, 1.54) is 0 Å². The molecule has 3 rings (SSSR count). The summed E-state index contributed by atoms with van der Waals surface area (Å²) >= 11 is 3.47. The topological polar surface area (TPSA) is 66.3 Å². The number of likely N-dealkylation sites (tertiary alicyclic amines) is 1. The third kappa shape index (κ3) is 3.90. The van der Waals surface area contributed by atoms with Crippen molar-refractivity contribution in [2.45, 2.75) is 39.2 Å². The smallest absolute Gasteiger partial charge is 0.253 e. The number of aliphatic hydroxyl groups is 1. The van der Waals surface area contributed by atoms with E-state index in [2.05, 4.69) is 25.9 Å². The van der Waals surface area contributed by atoms with Crippen LogP contribution in [0.15, 0.2) is 28.9 Å². The van der Waals surface area contributed by atoms with Crippen molar-refractivity contribution in [2.24, 2.45) is 0 Å². The Bertz CT molecular complexity index is 794. The van der Waals surface area contributed by atoms with E-state index in [4.69, 9.17) is 0 Å². The summed E-state index contributed by atoms with van der Waals surface area (Å²) in [5, 5.41) is 9.58. The van der Waals surface area contributed by atoms with E-state index in [0.717, 1.165) is 40.7 Å². The molecule has 132 valence electrons. The third-order valence-electron chi connectivity index (χ3n) is 4.69. The summed E-state index contributed by atoms with van der Waals surface area (Å²) < 4.78 is 1.00. The normalized spacial score (nSPS) is 17.6. The molecule has 2 aromatic rings. The number of carbonyl (C=O) groups is 1. The minimum atomic E-state index is -0.0774. The molecule has 1 aromatic carbocycles. The van der Waals surface area contributed by atoms with Gasteiger partial charge in [0.2, 0.25) is 0 Å². The number of hydrogen-bond donors (Lipinski definition) is 1. The Morgan fingerprint density at radius 1 is 1.40 bits per heavy atom. The minimum Gasteiger partial charge on any atom is -0.392 e. The predicted molar refractivity (Wildman–Crippen MR) is 99.4 cm³/mol. The SMILES string of the molecule is Cc1ncc(CO)c(C2CCCN(C(=O)c3ccc(Br)c(C)c3)C2)n1. The van der Waals surface area contributed by atoms with Crippen LogP contribution in [-0.4, -0.2) is 39.0 Å². The molecule has 0 bridgehead atoms. The minimum absolute atomic E-state index is 0.0524. The van der Waals surface area contributed by atoms with Crippen LogP contribution < -0.4 is 0 Å². The van der Waals surface area contributed by atoms with Gasteiger partial charge in [-0.1, -0.05) is 15.9 Å². The van der Waals surface area contributed by atoms with Crippen molar-refractivity contribution in [1.82, 2.24) is 14.9 Å². The number of aliphatic hydroxyl groups excluding tert-OH is 1. The number of halogens is 1. The van der Waals surface area contributed by atoms with E-state index in [0.29, 0.717) is 17.9 Å². The third-order valence-corrected chi connectivity index (χ3v) is 5.58. The second-order valence-electron chi connectivity index (χ2n) is 6.54. The van der Waals surface area contributed by atoms with Crippen LogP contribution in [0.3, 0.4) is 0 Å². The Labute approximate surface area is 156 Å². The van der Waals surface area contributed by atoms with E-state index in [-0.39, 0.29) is 18.4 Å². The average molecular weight is 404 g/mol. The molecule has 1 amide bonds. The molecule has 0 radical (unpaired) electrons. The number of carbonyl (C=O) groups excluding carboxylic acids is 1. The van der Waals surface area contributed by atoms with Crippen molar-refractivity contribution < 1.29 is 9.90 Å². The Hall–Kier alpha value is -1.79. The highest BCUT2D eigenvalue weighted by atomic mass is 79.9. The summed E-state index contributed by atoms with van der Waals surface area (Å²) in [7, 11) is 0. The van der Waals surface area contributed by atoms with Gasteiger partial charge in [0.25, 0.3) is 5.91 Å². The van der Waals surface area contributed by atoms with E-state index in [1.54, 1.807) is 6.20 Å². The molecule has 1 saturated heterocycles. The lowest BCUT2D eigenvalue weighted by molar-refractivity contribution is 0.0705. The second kappa shape index (κ2) is 7.62. The molecule has 1 fully saturated rings. The molecule has 2 heterocycles.